The van der Waals surface area contributed by atoms with Gasteiger partial charge in [-0.2, -0.15) is 5.01 Å². The lowest BCUT2D eigenvalue weighted by molar-refractivity contribution is -0.888. The fourth-order valence-corrected chi connectivity index (χ4v) is 4.43. The van der Waals surface area contributed by atoms with Gasteiger partial charge in [0.2, 0.25) is 0 Å². The minimum Gasteiger partial charge on any atom is -0.470 e. The van der Waals surface area contributed by atoms with Crippen LogP contribution in [0.4, 0.5) is 0 Å². The summed E-state index contributed by atoms with van der Waals surface area (Å²) in [7, 11) is 2.27. The molecule has 0 amide bonds. The van der Waals surface area contributed by atoms with Gasteiger partial charge in [0.15, 0.2) is 5.72 Å². The first-order chi connectivity index (χ1) is 12.6. The topological polar surface area (TPSA) is 28.9 Å². The van der Waals surface area contributed by atoms with Gasteiger partial charge in [0.1, 0.15) is 5.75 Å². The molecule has 2 aromatic rings. The molecule has 26 heavy (non-hydrogen) atoms. The molecule has 2 N–H and O–H groups in total. The molecule has 5 rings (SSSR count). The first-order valence-electron chi connectivity index (χ1n) is 9.59. The molecule has 1 spiro atoms. The van der Waals surface area contributed by atoms with Crippen molar-refractivity contribution in [3.63, 3.8) is 0 Å². The van der Waals surface area contributed by atoms with Crippen molar-refractivity contribution in [2.75, 3.05) is 20.1 Å². The van der Waals surface area contributed by atoms with Gasteiger partial charge in [-0.1, -0.05) is 48.0 Å². The summed E-state index contributed by atoms with van der Waals surface area (Å²) in [6.07, 6.45) is 4.43. The predicted octanol–water partition coefficient (Wildman–Crippen LogP) is 2.29. The van der Waals surface area contributed by atoms with Crippen LogP contribution in [0.5, 0.6) is 5.75 Å². The Hall–Kier alpha value is -2.30. The van der Waals surface area contributed by atoms with Crippen LogP contribution >= 0.6 is 0 Å². The first kappa shape index (κ1) is 15.9. The van der Waals surface area contributed by atoms with Gasteiger partial charge in [-0.05, 0) is 24.6 Å². The maximum atomic E-state index is 6.64. The summed E-state index contributed by atoms with van der Waals surface area (Å²) in [6.45, 7) is 4.39. The normalized spacial score (nSPS) is 30.2. The summed E-state index contributed by atoms with van der Waals surface area (Å²) >= 11 is 0. The Labute approximate surface area is 155 Å². The Bertz CT molecular complexity index is 850. The smallest absolute Gasteiger partial charge is 0.191 e. The van der Waals surface area contributed by atoms with Gasteiger partial charge in [-0.3, -0.25) is 0 Å². The van der Waals surface area contributed by atoms with Crippen molar-refractivity contribution >= 4 is 5.70 Å². The number of quaternary nitrogens is 1. The minimum atomic E-state index is -0.262. The second-order valence-corrected chi connectivity index (χ2v) is 7.92. The van der Waals surface area contributed by atoms with E-state index in [1.807, 2.05) is 0 Å². The lowest BCUT2D eigenvalue weighted by Gasteiger charge is -2.50. The Morgan fingerprint density at radius 1 is 1.08 bits per heavy atom. The molecule has 1 atom stereocenters. The highest BCUT2D eigenvalue weighted by Crippen LogP contribution is 2.47. The van der Waals surface area contributed by atoms with E-state index in [1.165, 1.54) is 22.4 Å². The van der Waals surface area contributed by atoms with E-state index < -0.39 is 0 Å². The molecule has 0 bridgehead atoms. The van der Waals surface area contributed by atoms with E-state index in [0.29, 0.717) is 0 Å². The van der Waals surface area contributed by atoms with Gasteiger partial charge in [-0.15, -0.1) is 0 Å². The van der Waals surface area contributed by atoms with Gasteiger partial charge in [0.25, 0.3) is 0 Å². The van der Waals surface area contributed by atoms with E-state index in [0.717, 1.165) is 31.7 Å². The van der Waals surface area contributed by atoms with Crippen LogP contribution in [0.1, 0.15) is 35.6 Å². The number of hydrogen-bond acceptors (Lipinski definition) is 3. The molecule has 0 saturated carbocycles. The summed E-state index contributed by atoms with van der Waals surface area (Å²) in [5, 5.41) is 2.37. The van der Waals surface area contributed by atoms with Crippen LogP contribution in [0.15, 0.2) is 54.6 Å². The number of nitrogens with zero attached hydrogens (tertiary/aromatic N) is 1. The summed E-state index contributed by atoms with van der Waals surface area (Å²) in [6, 6.07) is 17.5. The number of nitrogens with one attached hydrogen (secondary N) is 2. The number of rotatable bonds is 1. The molecule has 3 heterocycles. The highest BCUT2D eigenvalue weighted by Gasteiger charge is 2.52. The van der Waals surface area contributed by atoms with Crippen LogP contribution in [-0.4, -0.2) is 30.9 Å². The fourth-order valence-electron chi connectivity index (χ4n) is 4.43. The van der Waals surface area contributed by atoms with Gasteiger partial charge in [0, 0.05) is 5.56 Å². The lowest BCUT2D eigenvalue weighted by atomic mass is 9.93. The average molecular weight is 348 g/mol. The molecule has 1 saturated heterocycles. The number of fused-ring (bicyclic) bond motifs is 4. The number of aryl methyl sites for hydroxylation is 1. The maximum Gasteiger partial charge on any atom is 0.191 e. The number of benzene rings is 2. The van der Waals surface area contributed by atoms with E-state index in [9.17, 15) is 0 Å². The highest BCUT2D eigenvalue weighted by atomic mass is 16.5. The van der Waals surface area contributed by atoms with Crippen molar-refractivity contribution in [2.24, 2.45) is 0 Å². The highest BCUT2D eigenvalue weighted by molar-refractivity contribution is 5.67. The molecule has 0 aromatic heterocycles. The molecule has 1 fully saturated rings. The zero-order valence-electron chi connectivity index (χ0n) is 15.5. The fraction of sp³-hybridized carbons (Fsp3) is 0.364. The molecule has 3 aliphatic rings. The molecule has 0 aliphatic carbocycles. The van der Waals surface area contributed by atoms with E-state index >= 15 is 0 Å². The van der Waals surface area contributed by atoms with Gasteiger partial charge in [-0.25, -0.2) is 0 Å². The number of hydrazine groups is 1. The summed E-state index contributed by atoms with van der Waals surface area (Å²) in [5.74, 6) is 1.04. The largest absolute Gasteiger partial charge is 0.470 e. The van der Waals surface area contributed by atoms with Crippen LogP contribution in [0.25, 0.3) is 5.70 Å². The van der Waals surface area contributed by atoms with E-state index in [-0.39, 0.29) is 11.8 Å². The number of para-hydroxylation sites is 1. The van der Waals surface area contributed by atoms with Crippen LogP contribution in [0.2, 0.25) is 0 Å². The van der Waals surface area contributed by atoms with Crippen molar-refractivity contribution in [1.29, 1.82) is 0 Å². The third-order valence-corrected chi connectivity index (χ3v) is 6.07. The van der Waals surface area contributed by atoms with Crippen LogP contribution in [-0.2, 0) is 0 Å². The Morgan fingerprint density at radius 2 is 1.81 bits per heavy atom. The summed E-state index contributed by atoms with van der Waals surface area (Å²) in [5.41, 5.74) is 8.39. The molecular weight excluding hydrogens is 322 g/mol. The first-order valence-corrected chi connectivity index (χ1v) is 9.59. The minimum absolute atomic E-state index is 0.217. The van der Waals surface area contributed by atoms with Gasteiger partial charge in [0.05, 0.1) is 44.7 Å². The lowest BCUT2D eigenvalue weighted by Crippen LogP contribution is -3.11. The second kappa shape index (κ2) is 5.86. The standard InChI is InChI=1S/C22H25N3O/c1-16-7-9-17(10-8-16)19-15-20-18-5-3-4-6-21(18)26-22(25(20)23-19)11-13-24(2)14-12-22/h3-10,15,20,23H,11-14H2,1-2H3/p+1. The summed E-state index contributed by atoms with van der Waals surface area (Å²) in [4.78, 5) is 1.58. The molecular formula is C22H26N3O+. The molecule has 134 valence electrons. The number of hydrogen-bond donors (Lipinski definition) is 2. The molecule has 0 radical (unpaired) electrons. The SMILES string of the molecule is Cc1ccc(C2=CC3c4ccccc4OC4(CC[NH+](C)CC4)N3N2)cc1. The van der Waals surface area contributed by atoms with Crippen molar-refractivity contribution in [1.82, 2.24) is 10.4 Å². The van der Waals surface area contributed by atoms with Crippen molar-refractivity contribution in [3.8, 4) is 5.75 Å². The Balaban J connectivity index is 1.56. The van der Waals surface area contributed by atoms with Crippen LogP contribution in [0.3, 0.4) is 0 Å². The van der Waals surface area contributed by atoms with Crippen LogP contribution in [0, 0.1) is 6.92 Å². The molecule has 2 aromatic carbocycles. The quantitative estimate of drug-likeness (QED) is 0.829. The predicted molar refractivity (Wildman–Crippen MR) is 103 cm³/mol. The number of piperidine rings is 1. The zero-order chi connectivity index (χ0) is 17.7. The van der Waals surface area contributed by atoms with Crippen molar-refractivity contribution < 1.29 is 9.64 Å². The third-order valence-electron chi connectivity index (χ3n) is 6.07. The zero-order valence-corrected chi connectivity index (χ0v) is 15.5. The van der Waals surface area contributed by atoms with E-state index in [1.54, 1.807) is 4.90 Å². The Kier molecular flexibility index (Phi) is 3.59. The van der Waals surface area contributed by atoms with Crippen molar-refractivity contribution in [3.05, 3.63) is 71.3 Å². The molecule has 3 aliphatic heterocycles. The van der Waals surface area contributed by atoms with E-state index in [4.69, 9.17) is 4.74 Å². The molecule has 1 unspecified atom stereocenters. The maximum absolute atomic E-state index is 6.64. The van der Waals surface area contributed by atoms with Gasteiger partial charge >= 0.3 is 0 Å². The third kappa shape index (κ3) is 2.44. The van der Waals surface area contributed by atoms with Crippen molar-refractivity contribution in [2.45, 2.75) is 31.5 Å². The van der Waals surface area contributed by atoms with Gasteiger partial charge < -0.3 is 15.1 Å². The molecule has 4 nitrogen and oxygen atoms in total. The average Bonchev–Trinajstić information content (AvgIpc) is 3.12. The second-order valence-electron chi connectivity index (χ2n) is 7.92. The summed E-state index contributed by atoms with van der Waals surface area (Å²) < 4.78 is 6.64. The number of likely N-dealkylation sites (tertiary alicyclic amines) is 1. The Morgan fingerprint density at radius 3 is 2.58 bits per heavy atom. The van der Waals surface area contributed by atoms with Crippen LogP contribution < -0.4 is 15.1 Å². The molecule has 4 heteroatoms. The monoisotopic (exact) mass is 348 g/mol. The number of ether oxygens (including phenoxy) is 1. The van der Waals surface area contributed by atoms with E-state index in [2.05, 4.69) is 79.0 Å².